The number of hydrogen-bond acceptors (Lipinski definition) is 3. The summed E-state index contributed by atoms with van der Waals surface area (Å²) in [6.07, 6.45) is 5.84. The van der Waals surface area contributed by atoms with Crippen LogP contribution in [0, 0.1) is 11.3 Å². The minimum Gasteiger partial charge on any atom is -0.493 e. The highest BCUT2D eigenvalue weighted by Crippen LogP contribution is 2.47. The normalized spacial score (nSPS) is 15.5. The molecule has 0 amide bonds. The minimum absolute atomic E-state index is 0.201. The molecule has 57 heavy (non-hydrogen) atoms. The number of para-hydroxylation sites is 3. The maximum atomic E-state index is 12.7. The van der Waals surface area contributed by atoms with Crippen LogP contribution in [-0.2, 0) is 24.7 Å². The third kappa shape index (κ3) is 9.65. The molecule has 2 aromatic heterocycles. The molecule has 1 aliphatic heterocycles. The summed E-state index contributed by atoms with van der Waals surface area (Å²) in [5.41, 5.74) is 8.03. The molecule has 0 saturated carbocycles. The van der Waals surface area contributed by atoms with Crippen LogP contribution in [0.15, 0.2) is 109 Å². The van der Waals surface area contributed by atoms with E-state index in [2.05, 4.69) is 83.6 Å². The maximum Gasteiger partial charge on any atom is 0.389 e. The number of unbranched alkanes of at least 4 members (excludes halogenated alkanes) is 6. The Morgan fingerprint density at radius 2 is 1.37 bits per heavy atom. The zero-order valence-electron chi connectivity index (χ0n) is 32.7. The number of nitrogens with one attached hydrogen (secondary N) is 2. The lowest BCUT2D eigenvalue weighted by atomic mass is 9.68. The first-order valence-electron chi connectivity index (χ1n) is 20.4. The molecule has 2 aliphatic rings. The number of aromatic nitrogens is 2. The number of hydrogen-bond donors (Lipinski definition) is 3. The maximum absolute atomic E-state index is 12.7. The van der Waals surface area contributed by atoms with Gasteiger partial charge in [-0.2, -0.15) is 18.4 Å². The lowest BCUT2D eigenvalue weighted by Gasteiger charge is -2.39. The predicted octanol–water partition coefficient (Wildman–Crippen LogP) is 12.5. The second kappa shape index (κ2) is 17.5. The zero-order chi connectivity index (χ0) is 39.9. The first-order chi connectivity index (χ1) is 27.5. The van der Waals surface area contributed by atoms with Crippen molar-refractivity contribution in [3.8, 4) is 11.8 Å². The van der Waals surface area contributed by atoms with Gasteiger partial charge in [0.2, 0.25) is 0 Å². The van der Waals surface area contributed by atoms with Crippen molar-refractivity contribution < 1.29 is 23.0 Å². The summed E-state index contributed by atoms with van der Waals surface area (Å²) in [4.78, 5) is 7.25. The summed E-state index contributed by atoms with van der Waals surface area (Å²) in [5, 5.41) is 23.7. The van der Waals surface area contributed by atoms with Crippen molar-refractivity contribution in [3.05, 3.63) is 143 Å². The Morgan fingerprint density at radius 1 is 0.737 bits per heavy atom. The van der Waals surface area contributed by atoms with Crippen LogP contribution in [0.4, 0.5) is 13.2 Å². The zero-order valence-corrected chi connectivity index (χ0v) is 32.7. The van der Waals surface area contributed by atoms with Crippen LogP contribution in [0.25, 0.3) is 27.4 Å². The summed E-state index contributed by atoms with van der Waals surface area (Å²) >= 11 is 0. The van der Waals surface area contributed by atoms with E-state index in [9.17, 15) is 18.3 Å². The molecule has 8 heteroatoms. The van der Waals surface area contributed by atoms with Crippen LogP contribution in [0.3, 0.4) is 0 Å². The highest BCUT2D eigenvalue weighted by Gasteiger charge is 2.43. The second-order valence-corrected chi connectivity index (χ2v) is 16.1. The van der Waals surface area contributed by atoms with Crippen LogP contribution in [0.1, 0.15) is 105 Å². The van der Waals surface area contributed by atoms with E-state index in [1.54, 1.807) is 0 Å². The molecule has 8 rings (SSSR count). The summed E-state index contributed by atoms with van der Waals surface area (Å²) < 4.78 is 43.7. The number of benzene rings is 4. The molecule has 0 radical (unpaired) electrons. The van der Waals surface area contributed by atoms with E-state index in [4.69, 9.17) is 10.00 Å². The number of H-pyrrole nitrogens is 2. The number of ether oxygens (including phenoxy) is 1. The molecule has 6 aromatic rings. The van der Waals surface area contributed by atoms with Crippen molar-refractivity contribution in [1.82, 2.24) is 9.97 Å². The molecule has 3 N–H and O–H groups in total. The van der Waals surface area contributed by atoms with Crippen LogP contribution in [0.5, 0.6) is 5.75 Å². The first kappa shape index (κ1) is 40.0. The fourth-order valence-electron chi connectivity index (χ4n) is 8.89. The average Bonchev–Trinajstić information content (AvgIpc) is 4.02. The number of aliphatic hydroxyl groups is 1. The molecular weight excluding hydrogens is 720 g/mol. The van der Waals surface area contributed by atoms with E-state index in [1.165, 1.54) is 11.1 Å². The fourth-order valence-corrected chi connectivity index (χ4v) is 8.89. The van der Waals surface area contributed by atoms with E-state index in [1.807, 2.05) is 48.5 Å². The number of allylic oxidation sites excluding steroid dienone is 2. The minimum atomic E-state index is -4.07. The molecule has 2 atom stereocenters. The van der Waals surface area contributed by atoms with Gasteiger partial charge >= 0.3 is 6.18 Å². The third-order valence-corrected chi connectivity index (χ3v) is 11.8. The number of nitrogens with zero attached hydrogens (tertiary/aromatic N) is 1. The molecule has 0 bridgehead atoms. The largest absolute Gasteiger partial charge is 0.493 e. The van der Waals surface area contributed by atoms with E-state index < -0.39 is 23.6 Å². The van der Waals surface area contributed by atoms with Crippen molar-refractivity contribution in [2.45, 2.75) is 108 Å². The fraction of sp³-hybridized carbons (Fsp3) is 0.367. The van der Waals surface area contributed by atoms with Crippen molar-refractivity contribution >= 4 is 27.4 Å². The quantitative estimate of drug-likeness (QED) is 0.0909. The SMILES string of the molecule is CC(CC(O)(CCCCCCCCCC(F)(F)F)Cc1cc2ccccc2[nH]1)(c1cc2ccccc2[nH]1)c1cccc2c1OCC2.N#CC1=CCc2ccccc21. The Bertz CT molecular complexity index is 2300. The van der Waals surface area contributed by atoms with Crippen LogP contribution in [0.2, 0.25) is 0 Å². The number of rotatable bonds is 15. The number of halogens is 3. The van der Waals surface area contributed by atoms with Crippen LogP contribution >= 0.6 is 0 Å². The van der Waals surface area contributed by atoms with Gasteiger partial charge < -0.3 is 19.8 Å². The van der Waals surface area contributed by atoms with Gasteiger partial charge in [-0.1, -0.05) is 123 Å². The Balaban J connectivity index is 0.000000386. The lowest BCUT2D eigenvalue weighted by molar-refractivity contribution is -0.135. The Kier molecular flexibility index (Phi) is 12.3. The molecule has 5 nitrogen and oxygen atoms in total. The standard InChI is InChI=1S/C39H45F3N2O2.C10H7N/c1-37(32-17-13-16-28-20-23-46-36(28)32,35-25-30-15-8-10-19-34(30)44-35)27-38(45,26-31-24-29-14-7-9-18-33(29)43-31)21-11-5-3-2-4-6-12-22-39(40,41)42;11-7-9-6-5-8-3-1-2-4-10(8)9/h7-10,13-19,24-25,43-45H,2-6,11-12,20-23,26-27H2,1H3;1-4,6H,5H2. The average molecular weight is 772 g/mol. The molecule has 2 unspecified atom stereocenters. The summed E-state index contributed by atoms with van der Waals surface area (Å²) in [5.74, 6) is 0.933. The molecular formula is C49H52F3N3O2. The van der Waals surface area contributed by atoms with Gasteiger partial charge in [-0.3, -0.25) is 0 Å². The number of aromatic amines is 2. The van der Waals surface area contributed by atoms with Crippen molar-refractivity contribution in [2.75, 3.05) is 6.61 Å². The molecule has 3 heterocycles. The van der Waals surface area contributed by atoms with Gasteiger partial charge in [0.1, 0.15) is 5.75 Å². The second-order valence-electron chi connectivity index (χ2n) is 16.1. The van der Waals surface area contributed by atoms with Crippen LogP contribution < -0.4 is 4.74 Å². The highest BCUT2D eigenvalue weighted by atomic mass is 19.4. The third-order valence-electron chi connectivity index (χ3n) is 11.8. The molecule has 1 aliphatic carbocycles. The smallest absolute Gasteiger partial charge is 0.389 e. The monoisotopic (exact) mass is 771 g/mol. The molecule has 4 aromatic carbocycles. The Labute approximate surface area is 333 Å². The summed E-state index contributed by atoms with van der Waals surface area (Å²) in [6.45, 7) is 2.89. The molecule has 0 fully saturated rings. The van der Waals surface area contributed by atoms with Gasteiger partial charge in [-0.15, -0.1) is 0 Å². The van der Waals surface area contributed by atoms with Gasteiger partial charge in [0.05, 0.1) is 23.9 Å². The van der Waals surface area contributed by atoms with Crippen LogP contribution in [-0.4, -0.2) is 33.5 Å². The van der Waals surface area contributed by atoms with Gasteiger partial charge in [-0.25, -0.2) is 0 Å². The summed E-state index contributed by atoms with van der Waals surface area (Å²) in [6, 6.07) is 37.4. The van der Waals surface area contributed by atoms with Crippen molar-refractivity contribution in [1.29, 1.82) is 5.26 Å². The lowest BCUT2D eigenvalue weighted by Crippen LogP contribution is -2.41. The topological polar surface area (TPSA) is 84.8 Å². The number of nitriles is 1. The van der Waals surface area contributed by atoms with E-state index >= 15 is 0 Å². The Morgan fingerprint density at radius 3 is 2.07 bits per heavy atom. The number of fused-ring (bicyclic) bond motifs is 4. The van der Waals surface area contributed by atoms with E-state index in [-0.39, 0.29) is 6.42 Å². The van der Waals surface area contributed by atoms with E-state index in [0.29, 0.717) is 32.3 Å². The van der Waals surface area contributed by atoms with Gasteiger partial charge in [-0.05, 0) is 84.3 Å². The molecule has 0 saturated heterocycles. The Hall–Kier alpha value is -5.26. The first-order valence-corrected chi connectivity index (χ1v) is 20.4. The van der Waals surface area contributed by atoms with E-state index in [0.717, 1.165) is 101 Å². The highest BCUT2D eigenvalue weighted by molar-refractivity contribution is 5.82. The molecule has 0 spiro atoms. The molecule has 296 valence electrons. The van der Waals surface area contributed by atoms with Gasteiger partial charge in [0.15, 0.2) is 0 Å². The van der Waals surface area contributed by atoms with Crippen molar-refractivity contribution in [3.63, 3.8) is 0 Å². The number of alkyl halides is 3. The predicted molar refractivity (Wildman–Crippen MR) is 223 cm³/mol. The van der Waals surface area contributed by atoms with Gasteiger partial charge in [0.25, 0.3) is 0 Å². The summed E-state index contributed by atoms with van der Waals surface area (Å²) in [7, 11) is 0. The van der Waals surface area contributed by atoms with Gasteiger partial charge in [0, 0.05) is 52.7 Å². The van der Waals surface area contributed by atoms with Crippen molar-refractivity contribution in [2.24, 2.45) is 0 Å².